The zero-order valence-electron chi connectivity index (χ0n) is 14.1. The molecule has 1 aromatic heterocycles. The first kappa shape index (κ1) is 19.7. The predicted octanol–water partition coefficient (Wildman–Crippen LogP) is 1.66. The number of hydrogen-bond acceptors (Lipinski definition) is 6. The molecule has 8 nitrogen and oxygen atoms in total. The van der Waals surface area contributed by atoms with Gasteiger partial charge < -0.3 is 4.74 Å². The van der Waals surface area contributed by atoms with Crippen LogP contribution in [0.15, 0.2) is 47.8 Å². The van der Waals surface area contributed by atoms with E-state index in [0.717, 1.165) is 16.1 Å². The Morgan fingerprint density at radius 3 is 2.62 bits per heavy atom. The van der Waals surface area contributed by atoms with Crippen LogP contribution in [-0.4, -0.2) is 45.4 Å². The number of carbonyl (C=O) groups excluding carboxylic acids is 1. The molecule has 2 rings (SSSR count). The van der Waals surface area contributed by atoms with Gasteiger partial charge in [0.05, 0.1) is 30.3 Å². The largest absolute Gasteiger partial charge is 0.495 e. The van der Waals surface area contributed by atoms with Crippen molar-refractivity contribution in [2.24, 2.45) is 5.10 Å². The third kappa shape index (κ3) is 5.43. The second-order valence-corrected chi connectivity index (χ2v) is 7.48. The third-order valence-electron chi connectivity index (χ3n) is 3.22. The smallest absolute Gasteiger partial charge is 0.260 e. The summed E-state index contributed by atoms with van der Waals surface area (Å²) in [5.74, 6) is -0.206. The number of rotatable bonds is 7. The van der Waals surface area contributed by atoms with Crippen molar-refractivity contribution in [3.63, 3.8) is 0 Å². The topological polar surface area (TPSA) is 101 Å². The van der Waals surface area contributed by atoms with Gasteiger partial charge in [0.15, 0.2) is 0 Å². The van der Waals surface area contributed by atoms with E-state index in [1.165, 1.54) is 31.5 Å². The maximum absolute atomic E-state index is 12.1. The molecule has 138 valence electrons. The molecular formula is C16H17ClN4O4S. The van der Waals surface area contributed by atoms with Gasteiger partial charge in [-0.05, 0) is 35.9 Å². The summed E-state index contributed by atoms with van der Waals surface area (Å²) in [5.41, 5.74) is 3.27. The summed E-state index contributed by atoms with van der Waals surface area (Å²) in [6, 6.07) is 7.85. The lowest BCUT2D eigenvalue weighted by atomic mass is 10.3. The van der Waals surface area contributed by atoms with Gasteiger partial charge in [-0.2, -0.15) is 5.10 Å². The summed E-state index contributed by atoms with van der Waals surface area (Å²) in [4.78, 5) is 15.9. The summed E-state index contributed by atoms with van der Waals surface area (Å²) < 4.78 is 30.1. The number of amides is 1. The Kier molecular flexibility index (Phi) is 6.53. The van der Waals surface area contributed by atoms with Crippen LogP contribution in [0.5, 0.6) is 5.75 Å². The fourth-order valence-electron chi connectivity index (χ4n) is 2.00. The molecule has 26 heavy (non-hydrogen) atoms. The Labute approximate surface area is 156 Å². The number of hydrogen-bond donors (Lipinski definition) is 1. The first-order valence-electron chi connectivity index (χ1n) is 7.34. The molecule has 0 aliphatic heterocycles. The molecular weight excluding hydrogens is 380 g/mol. The van der Waals surface area contributed by atoms with E-state index in [1.807, 2.05) is 0 Å². The van der Waals surface area contributed by atoms with Crippen molar-refractivity contribution in [3.8, 4) is 5.75 Å². The maximum atomic E-state index is 12.1. The third-order valence-corrected chi connectivity index (χ3v) is 4.66. The average molecular weight is 397 g/mol. The molecule has 1 amide bonds. The minimum absolute atomic E-state index is 0.231. The standard InChI is InChI=1S/C16H17ClN4O4S/c1-25-15-4-3-13(9-14(15)17)21(26(2,23)24)11-16(22)20-19-10-12-5-7-18-8-6-12/h3-10H,11H2,1-2H3,(H,20,22)/b19-10-. The number of benzene rings is 1. The normalized spacial score (nSPS) is 11.3. The number of carbonyl (C=O) groups is 1. The second-order valence-electron chi connectivity index (χ2n) is 5.16. The van der Waals surface area contributed by atoms with Crippen LogP contribution in [0.2, 0.25) is 5.02 Å². The number of nitrogens with one attached hydrogen (secondary N) is 1. The van der Waals surface area contributed by atoms with Crippen molar-refractivity contribution in [2.75, 3.05) is 24.2 Å². The fraction of sp³-hybridized carbons (Fsp3) is 0.188. The summed E-state index contributed by atoms with van der Waals surface area (Å²) in [6.45, 7) is -0.449. The van der Waals surface area contributed by atoms with Gasteiger partial charge >= 0.3 is 0 Å². The van der Waals surface area contributed by atoms with E-state index >= 15 is 0 Å². The highest BCUT2D eigenvalue weighted by Crippen LogP contribution is 2.30. The van der Waals surface area contributed by atoms with Gasteiger partial charge in [-0.25, -0.2) is 13.8 Å². The van der Waals surface area contributed by atoms with Gasteiger partial charge in [0.2, 0.25) is 10.0 Å². The molecule has 0 radical (unpaired) electrons. The van der Waals surface area contributed by atoms with Crippen molar-refractivity contribution in [1.29, 1.82) is 0 Å². The van der Waals surface area contributed by atoms with E-state index in [2.05, 4.69) is 15.5 Å². The van der Waals surface area contributed by atoms with Crippen molar-refractivity contribution >= 4 is 39.4 Å². The molecule has 0 aliphatic carbocycles. The Hall–Kier alpha value is -2.65. The van der Waals surface area contributed by atoms with Crippen molar-refractivity contribution in [2.45, 2.75) is 0 Å². The summed E-state index contributed by atoms with van der Waals surface area (Å²) in [6.07, 6.45) is 5.59. The summed E-state index contributed by atoms with van der Waals surface area (Å²) in [5, 5.41) is 4.03. The van der Waals surface area contributed by atoms with E-state index in [-0.39, 0.29) is 10.7 Å². The van der Waals surface area contributed by atoms with Crippen molar-refractivity contribution in [1.82, 2.24) is 10.4 Å². The quantitative estimate of drug-likeness (QED) is 0.566. The Morgan fingerprint density at radius 1 is 1.35 bits per heavy atom. The number of ether oxygens (including phenoxy) is 1. The number of anilines is 1. The molecule has 0 saturated heterocycles. The van der Waals surface area contributed by atoms with Crippen LogP contribution in [0.3, 0.4) is 0 Å². The molecule has 0 saturated carbocycles. The zero-order chi connectivity index (χ0) is 19.2. The molecule has 0 bridgehead atoms. The summed E-state index contributed by atoms with van der Waals surface area (Å²) >= 11 is 6.04. The molecule has 2 aromatic rings. The van der Waals surface area contributed by atoms with E-state index < -0.39 is 22.5 Å². The number of sulfonamides is 1. The highest BCUT2D eigenvalue weighted by molar-refractivity contribution is 7.92. The molecule has 1 aromatic carbocycles. The second kappa shape index (κ2) is 8.63. The molecule has 0 atom stereocenters. The van der Waals surface area contributed by atoms with E-state index in [9.17, 15) is 13.2 Å². The number of methoxy groups -OCH3 is 1. The minimum atomic E-state index is -3.71. The van der Waals surface area contributed by atoms with Crippen LogP contribution in [-0.2, 0) is 14.8 Å². The molecule has 0 unspecified atom stereocenters. The Morgan fingerprint density at radius 2 is 2.04 bits per heavy atom. The predicted molar refractivity (Wildman–Crippen MR) is 100 cm³/mol. The lowest BCUT2D eigenvalue weighted by Crippen LogP contribution is -2.39. The van der Waals surface area contributed by atoms with Crippen molar-refractivity contribution < 1.29 is 17.9 Å². The molecule has 1 N–H and O–H groups in total. The Bertz CT molecular complexity index is 904. The highest BCUT2D eigenvalue weighted by atomic mass is 35.5. The first-order chi connectivity index (χ1) is 12.3. The number of halogens is 1. The number of aromatic nitrogens is 1. The molecule has 0 spiro atoms. The molecule has 0 aliphatic rings. The van der Waals surface area contributed by atoms with Gasteiger partial charge in [0.1, 0.15) is 12.3 Å². The molecule has 10 heteroatoms. The van der Waals surface area contributed by atoms with Gasteiger partial charge in [-0.15, -0.1) is 0 Å². The zero-order valence-corrected chi connectivity index (χ0v) is 15.7. The van der Waals surface area contributed by atoms with Gasteiger partial charge in [0.25, 0.3) is 5.91 Å². The van der Waals surface area contributed by atoms with Gasteiger partial charge in [-0.3, -0.25) is 14.1 Å². The lowest BCUT2D eigenvalue weighted by Gasteiger charge is -2.21. The van der Waals surface area contributed by atoms with Crippen LogP contribution >= 0.6 is 11.6 Å². The average Bonchev–Trinajstić information content (AvgIpc) is 2.59. The van der Waals surface area contributed by atoms with Gasteiger partial charge in [0, 0.05) is 12.4 Å². The van der Waals surface area contributed by atoms with Crippen LogP contribution in [0.4, 0.5) is 5.69 Å². The van der Waals surface area contributed by atoms with Crippen LogP contribution < -0.4 is 14.5 Å². The lowest BCUT2D eigenvalue weighted by molar-refractivity contribution is -0.119. The van der Waals surface area contributed by atoms with Gasteiger partial charge in [-0.1, -0.05) is 11.6 Å². The highest BCUT2D eigenvalue weighted by Gasteiger charge is 2.21. The monoisotopic (exact) mass is 396 g/mol. The minimum Gasteiger partial charge on any atom is -0.495 e. The van der Waals surface area contributed by atoms with E-state index in [0.29, 0.717) is 5.75 Å². The number of pyridine rings is 1. The van der Waals surface area contributed by atoms with E-state index in [1.54, 1.807) is 24.5 Å². The number of hydrazone groups is 1. The maximum Gasteiger partial charge on any atom is 0.260 e. The fourth-order valence-corrected chi connectivity index (χ4v) is 3.10. The molecule has 1 heterocycles. The summed E-state index contributed by atoms with van der Waals surface area (Å²) in [7, 11) is -2.27. The van der Waals surface area contributed by atoms with Crippen LogP contribution in [0.1, 0.15) is 5.56 Å². The van der Waals surface area contributed by atoms with E-state index in [4.69, 9.17) is 16.3 Å². The SMILES string of the molecule is COc1ccc(N(CC(=O)N/N=C\c2ccncc2)S(C)(=O)=O)cc1Cl. The first-order valence-corrected chi connectivity index (χ1v) is 9.57. The molecule has 0 fully saturated rings. The Balaban J connectivity index is 2.12. The van der Waals surface area contributed by atoms with Crippen LogP contribution in [0, 0.1) is 0 Å². The van der Waals surface area contributed by atoms with Crippen LogP contribution in [0.25, 0.3) is 0 Å². The number of nitrogens with zero attached hydrogens (tertiary/aromatic N) is 3. The van der Waals surface area contributed by atoms with Crippen molar-refractivity contribution in [3.05, 3.63) is 53.3 Å².